The summed E-state index contributed by atoms with van der Waals surface area (Å²) < 4.78 is 0. The molecule has 0 aliphatic rings. The number of nitrogens with zero attached hydrogens (tertiary/aromatic N) is 1. The number of carbonyl (C=O) groups is 2. The minimum Gasteiger partial charge on any atom is -0.322 e. The van der Waals surface area contributed by atoms with Gasteiger partial charge in [0.15, 0.2) is 0 Å². The van der Waals surface area contributed by atoms with Crippen LogP contribution in [-0.4, -0.2) is 18.4 Å². The van der Waals surface area contributed by atoms with Gasteiger partial charge in [-0.05, 0) is 61.9 Å². The van der Waals surface area contributed by atoms with Gasteiger partial charge in [0.1, 0.15) is 0 Å². The maximum Gasteiger partial charge on any atom is 0.258 e. The van der Waals surface area contributed by atoms with E-state index in [0.29, 0.717) is 17.7 Å². The highest BCUT2D eigenvalue weighted by Crippen LogP contribution is 2.18. The summed E-state index contributed by atoms with van der Waals surface area (Å²) in [5.74, 6) is -0.369. The molecule has 0 saturated heterocycles. The number of para-hydroxylation sites is 1. The van der Waals surface area contributed by atoms with Gasteiger partial charge in [0.05, 0.1) is 0 Å². The Morgan fingerprint density at radius 1 is 0.852 bits per heavy atom. The first kappa shape index (κ1) is 18.4. The number of carbonyl (C=O) groups excluding carboxylic acids is 2. The summed E-state index contributed by atoms with van der Waals surface area (Å²) in [5.41, 5.74) is 3.57. The SMILES string of the molecule is CCN(C(=O)c1cccc(C(=O)Nc2cccc(C)c2)c1)c1ccccc1. The van der Waals surface area contributed by atoms with E-state index in [1.807, 2.05) is 68.4 Å². The lowest BCUT2D eigenvalue weighted by molar-refractivity contribution is 0.0988. The first-order valence-corrected chi connectivity index (χ1v) is 8.93. The van der Waals surface area contributed by atoms with E-state index < -0.39 is 0 Å². The number of aryl methyl sites for hydroxylation is 1. The van der Waals surface area contributed by atoms with Crippen molar-refractivity contribution in [2.24, 2.45) is 0 Å². The lowest BCUT2D eigenvalue weighted by atomic mass is 10.1. The first-order chi connectivity index (χ1) is 13.1. The molecule has 4 heteroatoms. The zero-order chi connectivity index (χ0) is 19.2. The molecule has 0 atom stereocenters. The third-order valence-electron chi connectivity index (χ3n) is 4.28. The highest BCUT2D eigenvalue weighted by molar-refractivity contribution is 6.09. The van der Waals surface area contributed by atoms with E-state index in [1.165, 1.54) is 0 Å². The Labute approximate surface area is 159 Å². The molecule has 136 valence electrons. The van der Waals surface area contributed by atoms with Crippen LogP contribution in [0.1, 0.15) is 33.2 Å². The van der Waals surface area contributed by atoms with E-state index in [1.54, 1.807) is 29.2 Å². The summed E-state index contributed by atoms with van der Waals surface area (Å²) in [6.07, 6.45) is 0. The average molecular weight is 358 g/mol. The maximum absolute atomic E-state index is 12.9. The van der Waals surface area contributed by atoms with Gasteiger partial charge in [0.25, 0.3) is 11.8 Å². The van der Waals surface area contributed by atoms with E-state index in [-0.39, 0.29) is 11.8 Å². The second-order valence-electron chi connectivity index (χ2n) is 6.29. The molecule has 0 aliphatic heterocycles. The molecular formula is C23H22N2O2. The van der Waals surface area contributed by atoms with Crippen molar-refractivity contribution >= 4 is 23.2 Å². The molecule has 0 aromatic heterocycles. The molecule has 1 N–H and O–H groups in total. The molecule has 0 spiro atoms. The Morgan fingerprint density at radius 2 is 1.56 bits per heavy atom. The van der Waals surface area contributed by atoms with Gasteiger partial charge in [-0.2, -0.15) is 0 Å². The molecule has 4 nitrogen and oxygen atoms in total. The Bertz CT molecular complexity index is 951. The van der Waals surface area contributed by atoms with Gasteiger partial charge in [-0.1, -0.05) is 36.4 Å². The molecular weight excluding hydrogens is 336 g/mol. The maximum atomic E-state index is 12.9. The molecule has 0 heterocycles. The zero-order valence-electron chi connectivity index (χ0n) is 15.5. The van der Waals surface area contributed by atoms with E-state index in [2.05, 4.69) is 5.32 Å². The van der Waals surface area contributed by atoms with Crippen LogP contribution in [0.5, 0.6) is 0 Å². The van der Waals surface area contributed by atoms with Gasteiger partial charge in [-0.15, -0.1) is 0 Å². The summed E-state index contributed by atoms with van der Waals surface area (Å²) in [6.45, 7) is 4.44. The minimum atomic E-state index is -0.238. The molecule has 0 unspecified atom stereocenters. The molecule has 0 radical (unpaired) electrons. The molecule has 0 aliphatic carbocycles. The number of anilines is 2. The molecule has 3 aromatic carbocycles. The van der Waals surface area contributed by atoms with E-state index in [0.717, 1.165) is 16.9 Å². The lowest BCUT2D eigenvalue weighted by Gasteiger charge is -2.21. The van der Waals surface area contributed by atoms with Gasteiger partial charge in [0, 0.05) is 29.0 Å². The van der Waals surface area contributed by atoms with Crippen molar-refractivity contribution in [2.45, 2.75) is 13.8 Å². The van der Waals surface area contributed by atoms with Gasteiger partial charge in [-0.3, -0.25) is 9.59 Å². The number of nitrogens with one attached hydrogen (secondary N) is 1. The second-order valence-corrected chi connectivity index (χ2v) is 6.29. The summed E-state index contributed by atoms with van der Waals surface area (Å²) in [7, 11) is 0. The summed E-state index contributed by atoms with van der Waals surface area (Å²) in [5, 5.41) is 2.88. The van der Waals surface area contributed by atoms with Gasteiger partial charge in [-0.25, -0.2) is 0 Å². The molecule has 0 bridgehead atoms. The van der Waals surface area contributed by atoms with Crippen molar-refractivity contribution in [2.75, 3.05) is 16.8 Å². The van der Waals surface area contributed by atoms with Gasteiger partial charge >= 0.3 is 0 Å². The van der Waals surface area contributed by atoms with Crippen molar-refractivity contribution in [3.05, 3.63) is 95.6 Å². The molecule has 0 saturated carbocycles. The van der Waals surface area contributed by atoms with Crippen molar-refractivity contribution in [3.63, 3.8) is 0 Å². The van der Waals surface area contributed by atoms with Crippen molar-refractivity contribution in [1.82, 2.24) is 0 Å². The Morgan fingerprint density at radius 3 is 2.26 bits per heavy atom. The third kappa shape index (κ3) is 4.42. The third-order valence-corrected chi connectivity index (χ3v) is 4.28. The fourth-order valence-corrected chi connectivity index (χ4v) is 2.93. The topological polar surface area (TPSA) is 49.4 Å². The van der Waals surface area contributed by atoms with Crippen molar-refractivity contribution < 1.29 is 9.59 Å². The monoisotopic (exact) mass is 358 g/mol. The van der Waals surface area contributed by atoms with Crippen molar-refractivity contribution in [1.29, 1.82) is 0 Å². The molecule has 0 fully saturated rings. The van der Waals surface area contributed by atoms with E-state index in [4.69, 9.17) is 0 Å². The standard InChI is InChI=1S/C23H22N2O2/c1-3-25(21-13-5-4-6-14-21)23(27)19-11-8-10-18(16-19)22(26)24-20-12-7-9-17(2)15-20/h4-16H,3H2,1-2H3,(H,24,26). The van der Waals surface area contributed by atoms with Crippen LogP contribution in [0.4, 0.5) is 11.4 Å². The van der Waals surface area contributed by atoms with Crippen LogP contribution in [0, 0.1) is 6.92 Å². The first-order valence-electron chi connectivity index (χ1n) is 8.93. The fraction of sp³-hybridized carbons (Fsp3) is 0.130. The number of rotatable bonds is 5. The van der Waals surface area contributed by atoms with Crippen LogP contribution in [0.25, 0.3) is 0 Å². The van der Waals surface area contributed by atoms with Crippen LogP contribution in [-0.2, 0) is 0 Å². The Hall–Kier alpha value is -3.40. The van der Waals surface area contributed by atoms with Crippen molar-refractivity contribution in [3.8, 4) is 0 Å². The smallest absolute Gasteiger partial charge is 0.258 e. The lowest BCUT2D eigenvalue weighted by Crippen LogP contribution is -2.30. The molecule has 3 aromatic rings. The summed E-state index contributed by atoms with van der Waals surface area (Å²) in [6, 6.07) is 23.9. The number of hydrogen-bond donors (Lipinski definition) is 1. The van der Waals surface area contributed by atoms with Gasteiger partial charge in [0.2, 0.25) is 0 Å². The van der Waals surface area contributed by atoms with Crippen LogP contribution < -0.4 is 10.2 Å². The number of amides is 2. The molecule has 27 heavy (non-hydrogen) atoms. The highest BCUT2D eigenvalue weighted by atomic mass is 16.2. The highest BCUT2D eigenvalue weighted by Gasteiger charge is 2.17. The largest absolute Gasteiger partial charge is 0.322 e. The average Bonchev–Trinajstić information content (AvgIpc) is 2.69. The van der Waals surface area contributed by atoms with Crippen LogP contribution in [0.3, 0.4) is 0 Å². The van der Waals surface area contributed by atoms with Crippen LogP contribution >= 0.6 is 0 Å². The Balaban J connectivity index is 1.82. The van der Waals surface area contributed by atoms with Crippen LogP contribution in [0.15, 0.2) is 78.9 Å². The van der Waals surface area contributed by atoms with E-state index in [9.17, 15) is 9.59 Å². The predicted octanol–water partition coefficient (Wildman–Crippen LogP) is 4.91. The summed E-state index contributed by atoms with van der Waals surface area (Å²) >= 11 is 0. The predicted molar refractivity (Wildman–Crippen MR) is 109 cm³/mol. The number of benzene rings is 3. The van der Waals surface area contributed by atoms with E-state index >= 15 is 0 Å². The fourth-order valence-electron chi connectivity index (χ4n) is 2.93. The quantitative estimate of drug-likeness (QED) is 0.704. The zero-order valence-corrected chi connectivity index (χ0v) is 15.5. The second kappa shape index (κ2) is 8.32. The Kier molecular flexibility index (Phi) is 5.67. The number of hydrogen-bond acceptors (Lipinski definition) is 2. The summed E-state index contributed by atoms with van der Waals surface area (Å²) in [4.78, 5) is 27.2. The van der Waals surface area contributed by atoms with Gasteiger partial charge < -0.3 is 10.2 Å². The normalized spacial score (nSPS) is 10.3. The van der Waals surface area contributed by atoms with Crippen LogP contribution in [0.2, 0.25) is 0 Å². The minimum absolute atomic E-state index is 0.131. The molecule has 3 rings (SSSR count). The molecule has 2 amide bonds.